The summed E-state index contributed by atoms with van der Waals surface area (Å²) in [5.41, 5.74) is 2.80. The maximum atomic E-state index is 13.0. The first-order valence-corrected chi connectivity index (χ1v) is 9.34. The molecule has 1 aromatic carbocycles. The van der Waals surface area contributed by atoms with Crippen molar-refractivity contribution in [2.75, 3.05) is 19.6 Å². The minimum absolute atomic E-state index is 0.135. The number of hydrogen-bond donors (Lipinski definition) is 2. The molecule has 4 rings (SSSR count). The standard InChI is InChI=1S/C20H19ClN4O3/c1-12-11-24(20(27)28)6-7-25(12)19(26)13-2-3-15-16(21)9-17(23-18(15)8-13)14-4-5-22-10-14/h2-5,8-10,12,22H,6-7,11H2,1H3,(H,27,28)/t12-/m0/s1. The molecule has 7 nitrogen and oxygen atoms in total. The van der Waals surface area contributed by atoms with Crippen LogP contribution in [0.5, 0.6) is 0 Å². The van der Waals surface area contributed by atoms with E-state index in [1.54, 1.807) is 23.1 Å². The molecule has 8 heteroatoms. The molecule has 3 heterocycles. The van der Waals surface area contributed by atoms with Crippen LogP contribution in [0, 0.1) is 0 Å². The Morgan fingerprint density at radius 2 is 2.07 bits per heavy atom. The zero-order valence-corrected chi connectivity index (χ0v) is 16.0. The van der Waals surface area contributed by atoms with Gasteiger partial charge in [-0.1, -0.05) is 17.7 Å². The Balaban J connectivity index is 1.65. The first-order chi connectivity index (χ1) is 13.4. The van der Waals surface area contributed by atoms with Gasteiger partial charge in [-0.25, -0.2) is 9.78 Å². The maximum Gasteiger partial charge on any atom is 0.407 e. The van der Waals surface area contributed by atoms with Crippen LogP contribution in [0.15, 0.2) is 42.7 Å². The summed E-state index contributed by atoms with van der Waals surface area (Å²) in [4.78, 5) is 34.9. The number of nitrogens with zero attached hydrogens (tertiary/aromatic N) is 3. The molecule has 0 saturated carbocycles. The molecule has 1 aliphatic rings. The third kappa shape index (κ3) is 3.29. The number of benzene rings is 1. The molecule has 0 aliphatic carbocycles. The predicted molar refractivity (Wildman–Crippen MR) is 107 cm³/mol. The Bertz CT molecular complexity index is 1050. The molecular weight excluding hydrogens is 380 g/mol. The molecule has 1 atom stereocenters. The highest BCUT2D eigenvalue weighted by Gasteiger charge is 2.30. The Labute approximate surface area is 166 Å². The molecule has 0 bridgehead atoms. The van der Waals surface area contributed by atoms with E-state index >= 15 is 0 Å². The second-order valence-electron chi connectivity index (χ2n) is 6.90. The van der Waals surface area contributed by atoms with Gasteiger partial charge in [0.2, 0.25) is 0 Å². The van der Waals surface area contributed by atoms with Gasteiger partial charge in [0.1, 0.15) is 0 Å². The van der Waals surface area contributed by atoms with Crippen LogP contribution in [-0.4, -0.2) is 62.6 Å². The number of halogens is 1. The van der Waals surface area contributed by atoms with Crippen molar-refractivity contribution in [2.24, 2.45) is 0 Å². The molecule has 1 saturated heterocycles. The summed E-state index contributed by atoms with van der Waals surface area (Å²) in [6, 6.07) is 8.80. The number of hydrogen-bond acceptors (Lipinski definition) is 3. The number of aromatic amines is 1. The minimum atomic E-state index is -0.958. The zero-order valence-electron chi connectivity index (χ0n) is 15.2. The lowest BCUT2D eigenvalue weighted by atomic mass is 10.1. The van der Waals surface area contributed by atoms with Crippen molar-refractivity contribution in [1.82, 2.24) is 19.8 Å². The van der Waals surface area contributed by atoms with Crippen LogP contribution in [0.1, 0.15) is 17.3 Å². The minimum Gasteiger partial charge on any atom is -0.465 e. The number of carboxylic acid groups (broad SMARTS) is 1. The lowest BCUT2D eigenvalue weighted by molar-refractivity contribution is 0.0484. The maximum absolute atomic E-state index is 13.0. The van der Waals surface area contributed by atoms with Crippen molar-refractivity contribution in [2.45, 2.75) is 13.0 Å². The normalized spacial score (nSPS) is 17.1. The van der Waals surface area contributed by atoms with Crippen molar-refractivity contribution >= 4 is 34.5 Å². The molecule has 1 aliphatic heterocycles. The predicted octanol–water partition coefficient (Wildman–Crippen LogP) is 3.71. The molecule has 0 spiro atoms. The number of pyridine rings is 1. The number of aromatic nitrogens is 2. The van der Waals surface area contributed by atoms with Gasteiger partial charge < -0.3 is 19.9 Å². The van der Waals surface area contributed by atoms with Crippen molar-refractivity contribution in [3.05, 3.63) is 53.3 Å². The number of H-pyrrole nitrogens is 1. The summed E-state index contributed by atoms with van der Waals surface area (Å²) >= 11 is 6.42. The van der Waals surface area contributed by atoms with Gasteiger partial charge in [-0.3, -0.25) is 4.79 Å². The molecule has 2 N–H and O–H groups in total. The Hall–Kier alpha value is -3.06. The second kappa shape index (κ2) is 7.16. The number of piperazine rings is 1. The smallest absolute Gasteiger partial charge is 0.407 e. The number of carbonyl (C=O) groups is 2. The molecule has 28 heavy (non-hydrogen) atoms. The van der Waals surface area contributed by atoms with Crippen molar-refractivity contribution < 1.29 is 14.7 Å². The summed E-state index contributed by atoms with van der Waals surface area (Å²) in [6.45, 7) is 2.83. The first kappa shape index (κ1) is 18.3. The highest BCUT2D eigenvalue weighted by Crippen LogP contribution is 2.29. The lowest BCUT2D eigenvalue weighted by Crippen LogP contribution is -2.55. The third-order valence-corrected chi connectivity index (χ3v) is 5.37. The zero-order chi connectivity index (χ0) is 19.8. The molecule has 0 radical (unpaired) electrons. The quantitative estimate of drug-likeness (QED) is 0.688. The van der Waals surface area contributed by atoms with Crippen molar-refractivity contribution in [1.29, 1.82) is 0 Å². The van der Waals surface area contributed by atoms with E-state index in [1.165, 1.54) is 4.90 Å². The topological polar surface area (TPSA) is 89.5 Å². The Morgan fingerprint density at radius 3 is 2.75 bits per heavy atom. The first-order valence-electron chi connectivity index (χ1n) is 8.96. The van der Waals surface area contributed by atoms with E-state index < -0.39 is 6.09 Å². The lowest BCUT2D eigenvalue weighted by Gasteiger charge is -2.38. The summed E-state index contributed by atoms with van der Waals surface area (Å²) < 4.78 is 0. The fourth-order valence-electron chi connectivity index (χ4n) is 3.55. The molecule has 144 valence electrons. The molecule has 0 unspecified atom stereocenters. The second-order valence-corrected chi connectivity index (χ2v) is 7.30. The van der Waals surface area contributed by atoms with Crippen LogP contribution in [0.2, 0.25) is 5.02 Å². The molecule has 2 amide bonds. The largest absolute Gasteiger partial charge is 0.465 e. The summed E-state index contributed by atoms with van der Waals surface area (Å²) in [7, 11) is 0. The molecule has 2 aromatic heterocycles. The van der Waals surface area contributed by atoms with Crippen LogP contribution in [-0.2, 0) is 0 Å². The van der Waals surface area contributed by atoms with E-state index in [0.717, 1.165) is 16.6 Å². The number of carbonyl (C=O) groups excluding carboxylic acids is 1. The van der Waals surface area contributed by atoms with E-state index in [-0.39, 0.29) is 11.9 Å². The number of amides is 2. The number of rotatable bonds is 2. The van der Waals surface area contributed by atoms with Gasteiger partial charge in [0.15, 0.2) is 0 Å². The van der Waals surface area contributed by atoms with Crippen molar-refractivity contribution in [3.8, 4) is 11.3 Å². The summed E-state index contributed by atoms with van der Waals surface area (Å²) in [5.74, 6) is -0.135. The third-order valence-electron chi connectivity index (χ3n) is 5.06. The molecular formula is C20H19ClN4O3. The summed E-state index contributed by atoms with van der Waals surface area (Å²) in [6.07, 6.45) is 2.69. The molecule has 3 aromatic rings. The Morgan fingerprint density at radius 1 is 1.25 bits per heavy atom. The average molecular weight is 399 g/mol. The number of nitrogens with one attached hydrogen (secondary N) is 1. The van der Waals surface area contributed by atoms with Gasteiger partial charge >= 0.3 is 6.09 Å². The van der Waals surface area contributed by atoms with Gasteiger partial charge in [-0.2, -0.15) is 0 Å². The Kier molecular flexibility index (Phi) is 4.68. The van der Waals surface area contributed by atoms with Gasteiger partial charge in [0.05, 0.1) is 16.2 Å². The molecule has 1 fully saturated rings. The van der Waals surface area contributed by atoms with Crippen LogP contribution in [0.4, 0.5) is 4.79 Å². The fourth-order valence-corrected chi connectivity index (χ4v) is 3.81. The van der Waals surface area contributed by atoms with E-state index in [1.807, 2.05) is 31.5 Å². The van der Waals surface area contributed by atoms with E-state index in [4.69, 9.17) is 16.7 Å². The number of fused-ring (bicyclic) bond motifs is 1. The van der Waals surface area contributed by atoms with Crippen LogP contribution >= 0.6 is 11.6 Å². The van der Waals surface area contributed by atoms with Gasteiger partial charge in [0, 0.05) is 54.6 Å². The van der Waals surface area contributed by atoms with Gasteiger partial charge in [-0.15, -0.1) is 0 Å². The fraction of sp³-hybridized carbons (Fsp3) is 0.250. The van der Waals surface area contributed by atoms with Crippen LogP contribution in [0.25, 0.3) is 22.2 Å². The van der Waals surface area contributed by atoms with Gasteiger partial charge in [-0.05, 0) is 31.2 Å². The highest BCUT2D eigenvalue weighted by atomic mass is 35.5. The monoisotopic (exact) mass is 398 g/mol. The van der Waals surface area contributed by atoms with E-state index in [2.05, 4.69) is 9.97 Å². The summed E-state index contributed by atoms with van der Waals surface area (Å²) in [5, 5.41) is 10.5. The highest BCUT2D eigenvalue weighted by molar-refractivity contribution is 6.35. The van der Waals surface area contributed by atoms with E-state index in [0.29, 0.717) is 35.7 Å². The van der Waals surface area contributed by atoms with E-state index in [9.17, 15) is 9.59 Å². The van der Waals surface area contributed by atoms with Crippen LogP contribution < -0.4 is 0 Å². The van der Waals surface area contributed by atoms with Gasteiger partial charge in [0.25, 0.3) is 5.91 Å². The average Bonchev–Trinajstić information content (AvgIpc) is 3.21. The SMILES string of the molecule is C[C@H]1CN(C(=O)O)CCN1C(=O)c1ccc2c(Cl)cc(-c3cc[nH]c3)nc2c1. The van der Waals surface area contributed by atoms with Crippen LogP contribution in [0.3, 0.4) is 0 Å². The van der Waals surface area contributed by atoms with Crippen molar-refractivity contribution in [3.63, 3.8) is 0 Å².